The minimum Gasteiger partial charge on any atom is -0.352 e. The molecule has 27 heavy (non-hydrogen) atoms. The zero-order chi connectivity index (χ0) is 19.2. The van der Waals surface area contributed by atoms with E-state index in [1.165, 1.54) is 49.9 Å². The molecule has 0 saturated heterocycles. The highest BCUT2D eigenvalue weighted by molar-refractivity contribution is 6.07. The van der Waals surface area contributed by atoms with Gasteiger partial charge in [0.15, 0.2) is 0 Å². The average molecular weight is 368 g/mol. The lowest BCUT2D eigenvalue weighted by atomic mass is 10.0. The van der Waals surface area contributed by atoms with Crippen molar-refractivity contribution in [3.05, 3.63) is 65.0 Å². The van der Waals surface area contributed by atoms with E-state index in [4.69, 9.17) is 0 Å². The first-order valence-electron chi connectivity index (χ1n) is 9.48. The summed E-state index contributed by atoms with van der Waals surface area (Å²) in [6, 6.07) is 10.7. The summed E-state index contributed by atoms with van der Waals surface area (Å²) in [5, 5.41) is 5.69. The summed E-state index contributed by atoms with van der Waals surface area (Å²) in [5.74, 6) is -0.121. The number of hydrogen-bond acceptors (Lipinski definition) is 2. The summed E-state index contributed by atoms with van der Waals surface area (Å²) in [6.45, 7) is 2.48. The topological polar surface area (TPSA) is 58.2 Å². The van der Waals surface area contributed by atoms with Gasteiger partial charge in [0.05, 0.1) is 0 Å². The maximum atomic E-state index is 13.0. The molecular weight excluding hydrogens is 343 g/mol. The van der Waals surface area contributed by atoms with Crippen molar-refractivity contribution in [1.82, 2.24) is 5.32 Å². The van der Waals surface area contributed by atoms with Gasteiger partial charge in [-0.3, -0.25) is 9.59 Å². The maximum Gasteiger partial charge on any atom is 0.255 e. The summed E-state index contributed by atoms with van der Waals surface area (Å²) in [6.07, 6.45) is 6.12. The molecule has 0 aliphatic heterocycles. The van der Waals surface area contributed by atoms with Crippen molar-refractivity contribution in [2.24, 2.45) is 5.92 Å². The third-order valence-corrected chi connectivity index (χ3v) is 5.16. The molecule has 142 valence electrons. The average Bonchev–Trinajstić information content (AvgIpc) is 3.17. The summed E-state index contributed by atoms with van der Waals surface area (Å²) in [4.78, 5) is 25.0. The fourth-order valence-electron chi connectivity index (χ4n) is 3.53. The number of carbonyl (C=O) groups is 2. The van der Waals surface area contributed by atoms with Crippen molar-refractivity contribution in [2.45, 2.75) is 39.0 Å². The molecule has 1 aliphatic rings. The number of hydrogen-bond donors (Lipinski definition) is 2. The molecule has 1 fully saturated rings. The zero-order valence-corrected chi connectivity index (χ0v) is 15.6. The van der Waals surface area contributed by atoms with Gasteiger partial charge in [-0.25, -0.2) is 4.39 Å². The van der Waals surface area contributed by atoms with Crippen molar-refractivity contribution in [3.8, 4) is 0 Å². The number of amides is 2. The van der Waals surface area contributed by atoms with Crippen molar-refractivity contribution >= 4 is 17.5 Å². The van der Waals surface area contributed by atoms with Crippen LogP contribution < -0.4 is 10.6 Å². The Morgan fingerprint density at radius 3 is 2.44 bits per heavy atom. The number of halogens is 1. The Bertz CT molecular complexity index is 812. The van der Waals surface area contributed by atoms with Gasteiger partial charge in [0.25, 0.3) is 11.8 Å². The van der Waals surface area contributed by atoms with E-state index in [0.29, 0.717) is 23.4 Å². The lowest BCUT2D eigenvalue weighted by molar-refractivity contribution is 0.0951. The molecule has 3 rings (SSSR count). The third kappa shape index (κ3) is 5.16. The summed E-state index contributed by atoms with van der Waals surface area (Å²) in [7, 11) is 0. The Balaban J connectivity index is 1.62. The van der Waals surface area contributed by atoms with Crippen LogP contribution in [0.2, 0.25) is 0 Å². The molecular formula is C22H25FN2O2. The van der Waals surface area contributed by atoms with E-state index in [1.807, 2.05) is 6.92 Å². The van der Waals surface area contributed by atoms with Crippen LogP contribution in [0.3, 0.4) is 0 Å². The Labute approximate surface area is 159 Å². The third-order valence-electron chi connectivity index (χ3n) is 5.16. The monoisotopic (exact) mass is 368 g/mol. The molecule has 1 saturated carbocycles. The highest BCUT2D eigenvalue weighted by Crippen LogP contribution is 2.27. The Morgan fingerprint density at radius 1 is 1.04 bits per heavy atom. The molecule has 0 spiro atoms. The van der Waals surface area contributed by atoms with Crippen LogP contribution in [0, 0.1) is 18.7 Å². The van der Waals surface area contributed by atoms with Crippen LogP contribution in [0.4, 0.5) is 10.1 Å². The predicted molar refractivity (Wildman–Crippen MR) is 104 cm³/mol. The largest absolute Gasteiger partial charge is 0.352 e. The van der Waals surface area contributed by atoms with Crippen LogP contribution in [-0.4, -0.2) is 18.4 Å². The minimum absolute atomic E-state index is 0.163. The molecule has 0 radical (unpaired) electrons. The first-order chi connectivity index (χ1) is 13.0. The van der Waals surface area contributed by atoms with Crippen LogP contribution >= 0.6 is 0 Å². The SMILES string of the molecule is Cc1ccc(C(=O)NCCC2CCCC2)cc1C(=O)Nc1ccc(F)cc1. The lowest BCUT2D eigenvalue weighted by Gasteiger charge is -2.12. The minimum atomic E-state index is -0.361. The van der Waals surface area contributed by atoms with Crippen molar-refractivity contribution < 1.29 is 14.0 Å². The molecule has 0 bridgehead atoms. The highest BCUT2D eigenvalue weighted by Gasteiger charge is 2.16. The summed E-state index contributed by atoms with van der Waals surface area (Å²) >= 11 is 0. The van der Waals surface area contributed by atoms with E-state index >= 15 is 0 Å². The van der Waals surface area contributed by atoms with Crippen LogP contribution in [0.25, 0.3) is 0 Å². The van der Waals surface area contributed by atoms with Crippen molar-refractivity contribution in [3.63, 3.8) is 0 Å². The number of aryl methyl sites for hydroxylation is 1. The molecule has 5 heteroatoms. The van der Waals surface area contributed by atoms with Gasteiger partial charge in [-0.15, -0.1) is 0 Å². The summed E-state index contributed by atoms with van der Waals surface area (Å²) < 4.78 is 13.0. The highest BCUT2D eigenvalue weighted by atomic mass is 19.1. The quantitative estimate of drug-likeness (QED) is 0.777. The first kappa shape index (κ1) is 19.1. The van der Waals surface area contributed by atoms with Gasteiger partial charge in [0.1, 0.15) is 5.82 Å². The van der Waals surface area contributed by atoms with E-state index in [-0.39, 0.29) is 17.6 Å². The van der Waals surface area contributed by atoms with Gasteiger partial charge < -0.3 is 10.6 Å². The lowest BCUT2D eigenvalue weighted by Crippen LogP contribution is -2.26. The molecule has 0 aromatic heterocycles. The van der Waals surface area contributed by atoms with Gasteiger partial charge in [0.2, 0.25) is 0 Å². The molecule has 0 atom stereocenters. The number of benzene rings is 2. The standard InChI is InChI=1S/C22H25FN2O2/c1-15-6-7-17(21(26)24-13-12-16-4-2-3-5-16)14-20(15)22(27)25-19-10-8-18(23)9-11-19/h6-11,14,16H,2-5,12-13H2,1H3,(H,24,26)(H,25,27). The molecule has 0 unspecified atom stereocenters. The smallest absolute Gasteiger partial charge is 0.255 e. The Kier molecular flexibility index (Phi) is 6.22. The van der Waals surface area contributed by atoms with Crippen molar-refractivity contribution in [2.75, 3.05) is 11.9 Å². The van der Waals surface area contributed by atoms with E-state index in [2.05, 4.69) is 10.6 Å². The summed E-state index contributed by atoms with van der Waals surface area (Å²) in [5.41, 5.74) is 2.18. The molecule has 0 heterocycles. The Morgan fingerprint density at radius 2 is 1.74 bits per heavy atom. The maximum absolute atomic E-state index is 13.0. The van der Waals surface area contributed by atoms with E-state index in [9.17, 15) is 14.0 Å². The van der Waals surface area contributed by atoms with E-state index in [0.717, 1.165) is 17.9 Å². The van der Waals surface area contributed by atoms with Crippen LogP contribution in [0.15, 0.2) is 42.5 Å². The number of anilines is 1. The zero-order valence-electron chi connectivity index (χ0n) is 15.6. The van der Waals surface area contributed by atoms with Crippen LogP contribution in [0.5, 0.6) is 0 Å². The predicted octanol–water partition coefficient (Wildman–Crippen LogP) is 4.70. The second-order valence-electron chi connectivity index (χ2n) is 7.19. The first-order valence-corrected chi connectivity index (χ1v) is 9.48. The molecule has 4 nitrogen and oxygen atoms in total. The van der Waals surface area contributed by atoms with Crippen molar-refractivity contribution in [1.29, 1.82) is 0 Å². The van der Waals surface area contributed by atoms with Gasteiger partial charge in [-0.2, -0.15) is 0 Å². The van der Waals surface area contributed by atoms with E-state index < -0.39 is 0 Å². The van der Waals surface area contributed by atoms with Crippen LogP contribution in [0.1, 0.15) is 58.4 Å². The normalized spacial score (nSPS) is 14.1. The molecule has 2 aromatic carbocycles. The number of rotatable bonds is 6. The molecule has 2 aromatic rings. The fourth-order valence-corrected chi connectivity index (χ4v) is 3.53. The van der Waals surface area contributed by atoms with Gasteiger partial charge in [0, 0.05) is 23.4 Å². The van der Waals surface area contributed by atoms with Crippen LogP contribution in [-0.2, 0) is 0 Å². The second kappa shape index (κ2) is 8.80. The fraction of sp³-hybridized carbons (Fsp3) is 0.364. The van der Waals surface area contributed by atoms with Gasteiger partial charge in [-0.1, -0.05) is 31.7 Å². The molecule has 2 amide bonds. The van der Waals surface area contributed by atoms with E-state index in [1.54, 1.807) is 18.2 Å². The van der Waals surface area contributed by atoms with Gasteiger partial charge in [-0.05, 0) is 61.2 Å². The molecule has 2 N–H and O–H groups in total. The molecule has 1 aliphatic carbocycles. The number of carbonyl (C=O) groups excluding carboxylic acids is 2. The Hall–Kier alpha value is -2.69. The second-order valence-corrected chi connectivity index (χ2v) is 7.19. The number of nitrogens with one attached hydrogen (secondary N) is 2. The van der Waals surface area contributed by atoms with Gasteiger partial charge >= 0.3 is 0 Å².